The van der Waals surface area contributed by atoms with Gasteiger partial charge in [-0.05, 0) is 77.6 Å². The van der Waals surface area contributed by atoms with Crippen molar-refractivity contribution < 1.29 is 38.6 Å². The molecule has 3 rings (SSSR count). The molecular weight excluding hydrogens is 580 g/mol. The zero-order valence-electron chi connectivity index (χ0n) is 26.7. The first-order chi connectivity index (χ1) is 20.9. The highest BCUT2D eigenvalue weighted by Gasteiger charge is 2.45. The molecule has 0 radical (unpaired) electrons. The van der Waals surface area contributed by atoms with Crippen molar-refractivity contribution in [3.63, 3.8) is 0 Å². The lowest BCUT2D eigenvalue weighted by atomic mass is 10.00. The van der Waals surface area contributed by atoms with Gasteiger partial charge in [-0.2, -0.15) is 0 Å². The number of amides is 4. The minimum Gasteiger partial charge on any atom is -0.508 e. The van der Waals surface area contributed by atoms with Crippen LogP contribution in [0.1, 0.15) is 78.0 Å². The predicted molar refractivity (Wildman–Crippen MR) is 166 cm³/mol. The van der Waals surface area contributed by atoms with Crippen molar-refractivity contribution in [1.82, 2.24) is 15.5 Å². The van der Waals surface area contributed by atoms with Crippen LogP contribution in [0.3, 0.4) is 0 Å². The summed E-state index contributed by atoms with van der Waals surface area (Å²) < 4.78 is 10.9. The number of hydrogen-bond acceptors (Lipinski definition) is 8. The van der Waals surface area contributed by atoms with Crippen LogP contribution in [-0.4, -0.2) is 69.1 Å². The van der Waals surface area contributed by atoms with Crippen molar-refractivity contribution in [3.8, 4) is 5.75 Å². The van der Waals surface area contributed by atoms with Crippen LogP contribution in [0.25, 0.3) is 0 Å². The number of phenolic OH excluding ortho intramolecular Hbond substituents is 1. The zero-order chi connectivity index (χ0) is 33.5. The Kier molecular flexibility index (Phi) is 11.2. The molecule has 2 aromatic rings. The number of nitrogens with zero attached hydrogens (tertiary/aromatic N) is 1. The lowest BCUT2D eigenvalue weighted by Crippen LogP contribution is -2.56. The third-order valence-corrected chi connectivity index (χ3v) is 6.61. The van der Waals surface area contributed by atoms with Crippen molar-refractivity contribution in [2.24, 2.45) is 5.73 Å². The molecular formula is C33H44N4O8. The van der Waals surface area contributed by atoms with Gasteiger partial charge in [0.1, 0.15) is 35.1 Å². The van der Waals surface area contributed by atoms with Crippen LogP contribution >= 0.6 is 0 Å². The smallest absolute Gasteiger partial charge is 0.408 e. The average molecular weight is 625 g/mol. The van der Waals surface area contributed by atoms with Crippen molar-refractivity contribution in [2.45, 2.75) is 103 Å². The van der Waals surface area contributed by atoms with Crippen LogP contribution in [0.15, 0.2) is 54.6 Å². The molecule has 1 aliphatic rings. The monoisotopic (exact) mass is 624 g/mol. The van der Waals surface area contributed by atoms with Gasteiger partial charge in [0.05, 0.1) is 6.42 Å². The third-order valence-electron chi connectivity index (χ3n) is 6.61. The predicted octanol–water partition coefficient (Wildman–Crippen LogP) is 3.26. The van der Waals surface area contributed by atoms with Gasteiger partial charge in [-0.3, -0.25) is 14.4 Å². The van der Waals surface area contributed by atoms with E-state index in [9.17, 15) is 29.1 Å². The molecule has 4 amide bonds. The molecule has 12 nitrogen and oxygen atoms in total. The second kappa shape index (κ2) is 14.4. The van der Waals surface area contributed by atoms with E-state index < -0.39 is 71.6 Å². The maximum Gasteiger partial charge on any atom is 0.408 e. The first-order valence-electron chi connectivity index (χ1n) is 14.9. The number of rotatable bonds is 12. The van der Waals surface area contributed by atoms with E-state index in [4.69, 9.17) is 15.2 Å². The lowest BCUT2D eigenvalue weighted by Gasteiger charge is -2.35. The molecule has 12 heteroatoms. The van der Waals surface area contributed by atoms with Gasteiger partial charge in [0.25, 0.3) is 0 Å². The summed E-state index contributed by atoms with van der Waals surface area (Å²) in [5, 5.41) is 15.2. The zero-order valence-corrected chi connectivity index (χ0v) is 26.7. The van der Waals surface area contributed by atoms with Gasteiger partial charge in [0.2, 0.25) is 17.7 Å². The van der Waals surface area contributed by atoms with E-state index in [-0.39, 0.29) is 12.2 Å². The van der Waals surface area contributed by atoms with Crippen LogP contribution in [0.5, 0.6) is 5.75 Å². The standard InChI is InChI=1S/C33H44N4O8/c1-32(2,3)44-30(42)25(18-20-10-8-7-9-11-20)35-28(40)27(21-12-16-23(38)17-13-21)37(22-14-15-22)29(41)24(19-26(34)39)36-31(43)45-33(4,5)6/h7-13,16-17,22,24-25,27,38H,14-15,18-19H2,1-6H3,(H2,34,39)(H,35,40)(H,36,43). The topological polar surface area (TPSA) is 177 Å². The number of hydrogen-bond donors (Lipinski definition) is 4. The van der Waals surface area contributed by atoms with Crippen LogP contribution in [0.4, 0.5) is 4.79 Å². The van der Waals surface area contributed by atoms with Crippen molar-refractivity contribution in [3.05, 3.63) is 65.7 Å². The SMILES string of the molecule is CC(C)(C)OC(=O)NC(CC(N)=O)C(=O)N(C1CC1)C(C(=O)NC(Cc1ccccc1)C(=O)OC(C)(C)C)c1ccc(O)cc1. The second-order valence-corrected chi connectivity index (χ2v) is 13.1. The number of benzene rings is 2. The average Bonchev–Trinajstić information content (AvgIpc) is 3.75. The molecule has 1 fully saturated rings. The van der Waals surface area contributed by atoms with Crippen molar-refractivity contribution >= 4 is 29.8 Å². The number of carbonyl (C=O) groups excluding carboxylic acids is 5. The number of aromatic hydroxyl groups is 1. The number of alkyl carbamates (subject to hydrolysis) is 1. The molecule has 5 N–H and O–H groups in total. The molecule has 1 saturated carbocycles. The van der Waals surface area contributed by atoms with Crippen LogP contribution in [0.2, 0.25) is 0 Å². The van der Waals surface area contributed by atoms with E-state index in [1.165, 1.54) is 29.2 Å². The molecule has 3 unspecified atom stereocenters. The van der Waals surface area contributed by atoms with Gasteiger partial charge in [0, 0.05) is 12.5 Å². The number of phenols is 1. The maximum absolute atomic E-state index is 14.3. The van der Waals surface area contributed by atoms with E-state index in [0.717, 1.165) is 5.56 Å². The summed E-state index contributed by atoms with van der Waals surface area (Å²) in [6.45, 7) is 10.1. The number of nitrogens with one attached hydrogen (secondary N) is 2. The summed E-state index contributed by atoms with van der Waals surface area (Å²) >= 11 is 0. The van der Waals surface area contributed by atoms with Gasteiger partial charge in [0.15, 0.2) is 0 Å². The van der Waals surface area contributed by atoms with Crippen LogP contribution in [0, 0.1) is 0 Å². The number of nitrogens with two attached hydrogens (primary N) is 1. The molecule has 0 heterocycles. The highest BCUT2D eigenvalue weighted by Crippen LogP contribution is 2.36. The van der Waals surface area contributed by atoms with Crippen molar-refractivity contribution in [1.29, 1.82) is 0 Å². The summed E-state index contributed by atoms with van der Waals surface area (Å²) in [7, 11) is 0. The van der Waals surface area contributed by atoms with Gasteiger partial charge in [-0.1, -0.05) is 42.5 Å². The Morgan fingerprint density at radius 1 is 0.867 bits per heavy atom. The van der Waals surface area contributed by atoms with Gasteiger partial charge >= 0.3 is 12.1 Å². The summed E-state index contributed by atoms with van der Waals surface area (Å²) in [6.07, 6.45) is -0.242. The fourth-order valence-corrected chi connectivity index (χ4v) is 4.66. The number of ether oxygens (including phenoxy) is 2. The molecule has 244 valence electrons. The fraction of sp³-hybridized carbons (Fsp3) is 0.485. The Hall–Kier alpha value is -4.61. The normalized spacial score (nSPS) is 15.2. The van der Waals surface area contributed by atoms with Gasteiger partial charge in [-0.25, -0.2) is 9.59 Å². The maximum atomic E-state index is 14.3. The summed E-state index contributed by atoms with van der Waals surface area (Å²) in [5.74, 6) is -2.99. The van der Waals surface area contributed by atoms with E-state index in [0.29, 0.717) is 18.4 Å². The van der Waals surface area contributed by atoms with Crippen LogP contribution < -0.4 is 16.4 Å². The summed E-state index contributed by atoms with van der Waals surface area (Å²) in [4.78, 5) is 67.8. The molecule has 0 bridgehead atoms. The Morgan fingerprint density at radius 2 is 1.44 bits per heavy atom. The third kappa shape index (κ3) is 11.1. The Labute approximate surface area is 263 Å². The fourth-order valence-electron chi connectivity index (χ4n) is 4.66. The molecule has 3 atom stereocenters. The number of carbonyl (C=O) groups is 5. The summed E-state index contributed by atoms with van der Waals surface area (Å²) in [6, 6.07) is 10.6. The second-order valence-electron chi connectivity index (χ2n) is 13.1. The molecule has 0 saturated heterocycles. The highest BCUT2D eigenvalue weighted by atomic mass is 16.6. The minimum absolute atomic E-state index is 0.0592. The Morgan fingerprint density at radius 3 is 1.96 bits per heavy atom. The molecule has 1 aliphatic carbocycles. The Bertz CT molecular complexity index is 1360. The largest absolute Gasteiger partial charge is 0.508 e. The molecule has 45 heavy (non-hydrogen) atoms. The molecule has 0 aliphatic heterocycles. The van der Waals surface area contributed by atoms with Crippen molar-refractivity contribution in [2.75, 3.05) is 0 Å². The number of primary amides is 1. The van der Waals surface area contributed by atoms with Gasteiger partial charge < -0.3 is 35.8 Å². The Balaban J connectivity index is 2.02. The highest BCUT2D eigenvalue weighted by molar-refractivity contribution is 5.96. The number of esters is 1. The first-order valence-corrected chi connectivity index (χ1v) is 14.9. The quantitative estimate of drug-likeness (QED) is 0.260. The van der Waals surface area contributed by atoms with Gasteiger partial charge in [-0.15, -0.1) is 0 Å². The molecule has 0 aromatic heterocycles. The summed E-state index contributed by atoms with van der Waals surface area (Å²) in [5.41, 5.74) is 4.84. The van der Waals surface area contributed by atoms with Crippen LogP contribution in [-0.2, 0) is 35.1 Å². The first kappa shape index (κ1) is 34.9. The van der Waals surface area contributed by atoms with E-state index >= 15 is 0 Å². The minimum atomic E-state index is -1.43. The molecule has 2 aromatic carbocycles. The van der Waals surface area contributed by atoms with E-state index in [1.54, 1.807) is 41.5 Å². The lowest BCUT2D eigenvalue weighted by molar-refractivity contribution is -0.159. The van der Waals surface area contributed by atoms with E-state index in [2.05, 4.69) is 10.6 Å². The van der Waals surface area contributed by atoms with E-state index in [1.807, 2.05) is 30.3 Å². The molecule has 0 spiro atoms.